The Bertz CT molecular complexity index is 1210. The van der Waals surface area contributed by atoms with Crippen LogP contribution < -0.4 is 9.80 Å². The second kappa shape index (κ2) is 8.99. The zero-order valence-electron chi connectivity index (χ0n) is 19.9. The van der Waals surface area contributed by atoms with Crippen molar-refractivity contribution in [3.63, 3.8) is 0 Å². The number of hydrogen-bond acceptors (Lipinski definition) is 6. The van der Waals surface area contributed by atoms with E-state index in [1.807, 2.05) is 0 Å². The molecule has 2 aromatic carbocycles. The molecule has 5 rings (SSSR count). The maximum Gasteiger partial charge on any atom is 0.136 e. The van der Waals surface area contributed by atoms with Crippen molar-refractivity contribution < 1.29 is 0 Å². The molecule has 170 valence electrons. The van der Waals surface area contributed by atoms with E-state index in [2.05, 4.69) is 78.1 Å². The standard InChI is InChI=1S/C27H32N6/c1-4-25-29-23-18-32(24-10-6-9-20-8-5-7-19(2)26(20)24)14-12-22(23)27(30-25)33-16-15-31(3)21(17-33)11-13-28/h5-10,21H,4,11-12,14-18H2,1-3H3. The number of anilines is 2. The minimum atomic E-state index is 0.248. The average molecular weight is 441 g/mol. The molecule has 6 heteroatoms. The van der Waals surface area contributed by atoms with Crippen LogP contribution >= 0.6 is 0 Å². The molecule has 1 aromatic heterocycles. The lowest BCUT2D eigenvalue weighted by molar-refractivity contribution is 0.220. The van der Waals surface area contributed by atoms with Crippen LogP contribution in [0.15, 0.2) is 36.4 Å². The topological polar surface area (TPSA) is 59.3 Å². The molecule has 0 bridgehead atoms. The molecule has 1 unspecified atom stereocenters. The molecule has 33 heavy (non-hydrogen) atoms. The summed E-state index contributed by atoms with van der Waals surface area (Å²) in [5.41, 5.74) is 5.06. The first-order valence-corrected chi connectivity index (χ1v) is 12.0. The minimum Gasteiger partial charge on any atom is -0.365 e. The van der Waals surface area contributed by atoms with Crippen LogP contribution in [0, 0.1) is 18.3 Å². The Balaban J connectivity index is 1.50. The van der Waals surface area contributed by atoms with Crippen LogP contribution in [0.5, 0.6) is 0 Å². The quantitative estimate of drug-likeness (QED) is 0.609. The van der Waals surface area contributed by atoms with Gasteiger partial charge in [-0.25, -0.2) is 9.97 Å². The Morgan fingerprint density at radius 1 is 1.06 bits per heavy atom. The van der Waals surface area contributed by atoms with Gasteiger partial charge in [-0.2, -0.15) is 5.26 Å². The van der Waals surface area contributed by atoms with Crippen molar-refractivity contribution >= 4 is 22.3 Å². The molecule has 6 nitrogen and oxygen atoms in total. The number of hydrogen-bond donors (Lipinski definition) is 0. The van der Waals surface area contributed by atoms with Gasteiger partial charge >= 0.3 is 0 Å². The summed E-state index contributed by atoms with van der Waals surface area (Å²) in [4.78, 5) is 17.2. The van der Waals surface area contributed by atoms with Crippen LogP contribution in [0.2, 0.25) is 0 Å². The molecule has 1 saturated heterocycles. The largest absolute Gasteiger partial charge is 0.365 e. The Morgan fingerprint density at radius 2 is 1.88 bits per heavy atom. The molecular formula is C27H32N6. The highest BCUT2D eigenvalue weighted by Crippen LogP contribution is 2.35. The maximum atomic E-state index is 9.27. The van der Waals surface area contributed by atoms with Gasteiger partial charge in [0.05, 0.1) is 24.7 Å². The number of piperazine rings is 1. The van der Waals surface area contributed by atoms with Gasteiger partial charge in [0.1, 0.15) is 11.6 Å². The van der Waals surface area contributed by atoms with Crippen molar-refractivity contribution in [3.05, 3.63) is 59.0 Å². The third-order valence-electron chi connectivity index (χ3n) is 7.24. The number of benzene rings is 2. The Kier molecular flexibility index (Phi) is 5.90. The van der Waals surface area contributed by atoms with Crippen LogP contribution in [-0.4, -0.2) is 54.1 Å². The van der Waals surface area contributed by atoms with Crippen molar-refractivity contribution in [2.45, 2.75) is 45.7 Å². The van der Waals surface area contributed by atoms with E-state index in [9.17, 15) is 5.26 Å². The third-order valence-corrected chi connectivity index (χ3v) is 7.24. The number of fused-ring (bicyclic) bond motifs is 2. The second-order valence-electron chi connectivity index (χ2n) is 9.31. The lowest BCUT2D eigenvalue weighted by Gasteiger charge is -2.41. The van der Waals surface area contributed by atoms with Crippen LogP contribution in [0.4, 0.5) is 11.5 Å². The molecule has 0 radical (unpaired) electrons. The first-order chi connectivity index (χ1) is 16.1. The number of aromatic nitrogens is 2. The van der Waals surface area contributed by atoms with Gasteiger partial charge in [0.2, 0.25) is 0 Å². The number of rotatable bonds is 4. The maximum absolute atomic E-state index is 9.27. The molecule has 0 N–H and O–H groups in total. The first kappa shape index (κ1) is 21.7. The average Bonchev–Trinajstić information content (AvgIpc) is 2.84. The van der Waals surface area contributed by atoms with Crippen molar-refractivity contribution in [2.75, 3.05) is 43.0 Å². The van der Waals surface area contributed by atoms with Crippen LogP contribution in [0.3, 0.4) is 0 Å². The highest BCUT2D eigenvalue weighted by molar-refractivity contribution is 5.97. The Hall–Kier alpha value is -3.17. The van der Waals surface area contributed by atoms with E-state index >= 15 is 0 Å². The smallest absolute Gasteiger partial charge is 0.136 e. The number of aryl methyl sites for hydroxylation is 2. The summed E-state index contributed by atoms with van der Waals surface area (Å²) in [5, 5.41) is 11.9. The molecular weight excluding hydrogens is 408 g/mol. The molecule has 0 spiro atoms. The minimum absolute atomic E-state index is 0.248. The van der Waals surface area contributed by atoms with Crippen molar-refractivity contribution in [2.24, 2.45) is 0 Å². The summed E-state index contributed by atoms with van der Waals surface area (Å²) in [7, 11) is 2.12. The van der Waals surface area contributed by atoms with E-state index in [1.165, 1.54) is 27.6 Å². The normalized spacial score (nSPS) is 18.9. The first-order valence-electron chi connectivity index (χ1n) is 12.0. The molecule has 3 heterocycles. The summed E-state index contributed by atoms with van der Waals surface area (Å²) in [6.45, 7) is 8.83. The van der Waals surface area contributed by atoms with E-state index in [-0.39, 0.29) is 6.04 Å². The number of likely N-dealkylation sites (N-methyl/N-ethyl adjacent to an activating group) is 1. The van der Waals surface area contributed by atoms with E-state index < -0.39 is 0 Å². The molecule has 3 aromatic rings. The van der Waals surface area contributed by atoms with Crippen molar-refractivity contribution in [3.8, 4) is 6.07 Å². The predicted molar refractivity (Wildman–Crippen MR) is 134 cm³/mol. The number of nitrogens with zero attached hydrogens (tertiary/aromatic N) is 6. The summed E-state index contributed by atoms with van der Waals surface area (Å²) in [5.74, 6) is 2.01. The number of nitriles is 1. The lowest BCUT2D eigenvalue weighted by atomic mass is 9.99. The molecule has 0 amide bonds. The highest BCUT2D eigenvalue weighted by atomic mass is 15.3. The Labute approximate surface area is 196 Å². The van der Waals surface area contributed by atoms with Crippen molar-refractivity contribution in [1.82, 2.24) is 14.9 Å². The van der Waals surface area contributed by atoms with E-state index in [4.69, 9.17) is 9.97 Å². The van der Waals surface area contributed by atoms with Gasteiger partial charge in [-0.15, -0.1) is 0 Å². The van der Waals surface area contributed by atoms with E-state index in [1.54, 1.807) is 0 Å². The van der Waals surface area contributed by atoms with Crippen molar-refractivity contribution in [1.29, 1.82) is 5.26 Å². The van der Waals surface area contributed by atoms with E-state index in [0.717, 1.165) is 62.9 Å². The summed E-state index contributed by atoms with van der Waals surface area (Å²) < 4.78 is 0. The fraction of sp³-hybridized carbons (Fsp3) is 0.444. The van der Waals surface area contributed by atoms with E-state index in [0.29, 0.717) is 6.42 Å². The molecule has 0 saturated carbocycles. The molecule has 1 fully saturated rings. The summed E-state index contributed by atoms with van der Waals surface area (Å²) >= 11 is 0. The molecule has 2 aliphatic heterocycles. The molecule has 2 aliphatic rings. The third kappa shape index (κ3) is 4.02. The van der Waals surface area contributed by atoms with Gasteiger partial charge in [-0.1, -0.05) is 37.3 Å². The highest BCUT2D eigenvalue weighted by Gasteiger charge is 2.30. The fourth-order valence-electron chi connectivity index (χ4n) is 5.32. The van der Waals surface area contributed by atoms with Gasteiger partial charge in [0.25, 0.3) is 0 Å². The predicted octanol–water partition coefficient (Wildman–Crippen LogP) is 4.10. The van der Waals surface area contributed by atoms with Crippen LogP contribution in [-0.2, 0) is 19.4 Å². The van der Waals surface area contributed by atoms with Gasteiger partial charge in [-0.3, -0.25) is 4.90 Å². The second-order valence-corrected chi connectivity index (χ2v) is 9.31. The van der Waals surface area contributed by atoms with Crippen LogP contribution in [0.1, 0.15) is 36.0 Å². The van der Waals surface area contributed by atoms with Gasteiger partial charge < -0.3 is 9.80 Å². The molecule has 0 aliphatic carbocycles. The zero-order valence-corrected chi connectivity index (χ0v) is 19.9. The zero-order chi connectivity index (χ0) is 22.9. The summed E-state index contributed by atoms with van der Waals surface area (Å²) in [6.07, 6.45) is 2.31. The Morgan fingerprint density at radius 3 is 2.67 bits per heavy atom. The van der Waals surface area contributed by atoms with Gasteiger partial charge in [0.15, 0.2) is 0 Å². The van der Waals surface area contributed by atoms with Gasteiger partial charge in [-0.05, 0) is 37.4 Å². The fourth-order valence-corrected chi connectivity index (χ4v) is 5.32. The SMILES string of the molecule is CCc1nc2c(c(N3CCN(C)C(CC#N)C3)n1)CCN(c1cccc3cccc(C)c13)C2. The molecule has 1 atom stereocenters. The van der Waals surface area contributed by atoms with Crippen LogP contribution in [0.25, 0.3) is 10.8 Å². The lowest BCUT2D eigenvalue weighted by Crippen LogP contribution is -2.52. The monoisotopic (exact) mass is 440 g/mol. The van der Waals surface area contributed by atoms with Gasteiger partial charge in [0, 0.05) is 55.3 Å². The summed E-state index contributed by atoms with van der Waals surface area (Å²) in [6, 6.07) is 15.7.